The number of nitrogens with one attached hydrogen (secondary N) is 1. The van der Waals surface area contributed by atoms with Crippen LogP contribution in [-0.2, 0) is 0 Å². The lowest BCUT2D eigenvalue weighted by molar-refractivity contribution is -0.0409. The van der Waals surface area contributed by atoms with E-state index in [1.54, 1.807) is 0 Å². The Labute approximate surface area is 112 Å². The molecule has 0 saturated carbocycles. The van der Waals surface area contributed by atoms with Gasteiger partial charge in [-0.15, -0.1) is 0 Å². The third-order valence-corrected chi connectivity index (χ3v) is 5.38. The number of piperidine rings is 3. The van der Waals surface area contributed by atoms with Crippen molar-refractivity contribution in [2.75, 3.05) is 32.7 Å². The molecule has 0 spiro atoms. The van der Waals surface area contributed by atoms with Gasteiger partial charge in [0.2, 0.25) is 0 Å². The van der Waals surface area contributed by atoms with Crippen molar-refractivity contribution >= 4 is 0 Å². The van der Waals surface area contributed by atoms with E-state index >= 15 is 0 Å². The average molecular weight is 251 g/mol. The number of hydrogen-bond donors (Lipinski definition) is 1. The molecule has 2 atom stereocenters. The Morgan fingerprint density at radius 2 is 1.94 bits per heavy atom. The fourth-order valence-electron chi connectivity index (χ4n) is 4.23. The molecule has 2 bridgehead atoms. The Morgan fingerprint density at radius 3 is 2.50 bits per heavy atom. The van der Waals surface area contributed by atoms with Gasteiger partial charge >= 0.3 is 0 Å². The molecule has 0 aliphatic carbocycles. The van der Waals surface area contributed by atoms with Gasteiger partial charge in [-0.2, -0.15) is 0 Å². The highest BCUT2D eigenvalue weighted by Gasteiger charge is 2.42. The van der Waals surface area contributed by atoms with Gasteiger partial charge in [-0.25, -0.2) is 0 Å². The zero-order valence-corrected chi connectivity index (χ0v) is 12.3. The molecule has 4 rings (SSSR count). The maximum Gasteiger partial charge on any atom is 0.0256 e. The van der Waals surface area contributed by atoms with Crippen LogP contribution in [0, 0.1) is 5.92 Å². The summed E-state index contributed by atoms with van der Waals surface area (Å²) in [5.41, 5.74) is 0.289. The maximum atomic E-state index is 3.72. The number of nitrogens with zero attached hydrogens (tertiary/aromatic N) is 2. The standard InChI is InChI=1S/C15H29N3/c1-4-13-9-16-15(2,3)11-18(13)14-10-17-7-5-12(14)6-8-17/h12-14,16H,4-11H2,1-3H3. The quantitative estimate of drug-likeness (QED) is 0.803. The normalized spacial score (nSPS) is 44.2. The lowest BCUT2D eigenvalue weighted by Gasteiger charge is -2.55. The Balaban J connectivity index is 1.75. The number of hydrogen-bond acceptors (Lipinski definition) is 3. The predicted molar refractivity (Wildman–Crippen MR) is 75.8 cm³/mol. The van der Waals surface area contributed by atoms with Crippen LogP contribution < -0.4 is 5.32 Å². The molecule has 4 saturated heterocycles. The summed E-state index contributed by atoms with van der Waals surface area (Å²) in [7, 11) is 0. The second-order valence-corrected chi connectivity index (χ2v) is 7.20. The second kappa shape index (κ2) is 4.77. The maximum absolute atomic E-state index is 3.72. The zero-order valence-electron chi connectivity index (χ0n) is 12.3. The van der Waals surface area contributed by atoms with Gasteiger partial charge in [0.05, 0.1) is 0 Å². The van der Waals surface area contributed by atoms with Gasteiger partial charge in [-0.05, 0) is 52.1 Å². The minimum atomic E-state index is 0.289. The molecule has 4 fully saturated rings. The van der Waals surface area contributed by atoms with Gasteiger partial charge in [0, 0.05) is 37.3 Å². The van der Waals surface area contributed by atoms with E-state index in [1.165, 1.54) is 52.0 Å². The fraction of sp³-hybridized carbons (Fsp3) is 1.00. The highest BCUT2D eigenvalue weighted by molar-refractivity contribution is 5.00. The molecule has 0 amide bonds. The molecular weight excluding hydrogens is 222 g/mol. The summed E-state index contributed by atoms with van der Waals surface area (Å²) < 4.78 is 0. The molecule has 0 radical (unpaired) electrons. The van der Waals surface area contributed by atoms with Gasteiger partial charge in [0.1, 0.15) is 0 Å². The zero-order chi connectivity index (χ0) is 12.8. The van der Waals surface area contributed by atoms with Gasteiger partial charge in [0.25, 0.3) is 0 Å². The van der Waals surface area contributed by atoms with E-state index in [4.69, 9.17) is 0 Å². The monoisotopic (exact) mass is 251 g/mol. The molecule has 0 aromatic carbocycles. The molecular formula is C15H29N3. The van der Waals surface area contributed by atoms with Crippen LogP contribution in [0.4, 0.5) is 0 Å². The van der Waals surface area contributed by atoms with E-state index in [0.717, 1.165) is 18.0 Å². The third kappa shape index (κ3) is 2.33. The average Bonchev–Trinajstić information content (AvgIpc) is 2.39. The van der Waals surface area contributed by atoms with E-state index in [2.05, 4.69) is 35.9 Å². The van der Waals surface area contributed by atoms with Crippen LogP contribution in [-0.4, -0.2) is 60.1 Å². The Hall–Kier alpha value is -0.120. The van der Waals surface area contributed by atoms with E-state index in [9.17, 15) is 0 Å². The van der Waals surface area contributed by atoms with E-state index in [0.29, 0.717) is 0 Å². The third-order valence-electron chi connectivity index (χ3n) is 5.38. The summed E-state index contributed by atoms with van der Waals surface area (Å²) in [5, 5.41) is 3.72. The number of rotatable bonds is 2. The summed E-state index contributed by atoms with van der Waals surface area (Å²) in [6.07, 6.45) is 4.16. The van der Waals surface area contributed by atoms with Crippen LogP contribution >= 0.6 is 0 Å². The van der Waals surface area contributed by atoms with Gasteiger partial charge < -0.3 is 10.2 Å². The predicted octanol–water partition coefficient (Wildman–Crippen LogP) is 1.54. The lowest BCUT2D eigenvalue weighted by Crippen LogP contribution is -2.68. The highest BCUT2D eigenvalue weighted by Crippen LogP contribution is 2.34. The first-order valence-electron chi connectivity index (χ1n) is 7.82. The summed E-state index contributed by atoms with van der Waals surface area (Å²) in [6.45, 7) is 13.5. The highest BCUT2D eigenvalue weighted by atomic mass is 15.3. The summed E-state index contributed by atoms with van der Waals surface area (Å²) >= 11 is 0. The van der Waals surface area contributed by atoms with Crippen LogP contribution in [0.2, 0.25) is 0 Å². The SMILES string of the molecule is CCC1CNC(C)(C)CN1C1CN2CCC1CC2. The minimum Gasteiger partial charge on any atom is -0.309 e. The molecule has 104 valence electrons. The molecule has 18 heavy (non-hydrogen) atoms. The molecule has 0 aromatic rings. The van der Waals surface area contributed by atoms with Crippen LogP contribution in [0.25, 0.3) is 0 Å². The van der Waals surface area contributed by atoms with Gasteiger partial charge in [-0.3, -0.25) is 4.90 Å². The number of piperazine rings is 1. The molecule has 1 N–H and O–H groups in total. The van der Waals surface area contributed by atoms with E-state index < -0.39 is 0 Å². The summed E-state index contributed by atoms with van der Waals surface area (Å²) in [6, 6.07) is 1.59. The van der Waals surface area contributed by atoms with Crippen molar-refractivity contribution in [2.24, 2.45) is 5.92 Å². The van der Waals surface area contributed by atoms with E-state index in [-0.39, 0.29) is 5.54 Å². The molecule has 4 aliphatic rings. The van der Waals surface area contributed by atoms with Crippen LogP contribution in [0.15, 0.2) is 0 Å². The van der Waals surface area contributed by atoms with Crippen LogP contribution in [0.1, 0.15) is 40.0 Å². The van der Waals surface area contributed by atoms with Crippen molar-refractivity contribution in [2.45, 2.75) is 57.7 Å². The second-order valence-electron chi connectivity index (χ2n) is 7.20. The topological polar surface area (TPSA) is 18.5 Å². The van der Waals surface area contributed by atoms with Crippen molar-refractivity contribution < 1.29 is 0 Å². The summed E-state index contributed by atoms with van der Waals surface area (Å²) in [5.74, 6) is 0.970. The van der Waals surface area contributed by atoms with Crippen molar-refractivity contribution in [1.82, 2.24) is 15.1 Å². The summed E-state index contributed by atoms with van der Waals surface area (Å²) in [4.78, 5) is 5.54. The molecule has 4 heterocycles. The smallest absolute Gasteiger partial charge is 0.0256 e. The first-order chi connectivity index (χ1) is 8.59. The lowest BCUT2D eigenvalue weighted by atomic mass is 9.81. The Morgan fingerprint density at radius 1 is 1.22 bits per heavy atom. The van der Waals surface area contributed by atoms with Crippen LogP contribution in [0.5, 0.6) is 0 Å². The first-order valence-corrected chi connectivity index (χ1v) is 7.82. The van der Waals surface area contributed by atoms with Crippen molar-refractivity contribution in [3.63, 3.8) is 0 Å². The van der Waals surface area contributed by atoms with Crippen molar-refractivity contribution in [1.29, 1.82) is 0 Å². The molecule has 3 nitrogen and oxygen atoms in total. The Kier molecular flexibility index (Phi) is 3.41. The first kappa shape index (κ1) is 12.9. The Bertz CT molecular complexity index is 294. The van der Waals surface area contributed by atoms with Crippen molar-refractivity contribution in [3.05, 3.63) is 0 Å². The molecule has 2 unspecified atom stereocenters. The number of fused-ring (bicyclic) bond motifs is 3. The van der Waals surface area contributed by atoms with Crippen LogP contribution in [0.3, 0.4) is 0 Å². The molecule has 3 heteroatoms. The van der Waals surface area contributed by atoms with Gasteiger partial charge in [-0.1, -0.05) is 6.92 Å². The van der Waals surface area contributed by atoms with Gasteiger partial charge in [0.15, 0.2) is 0 Å². The van der Waals surface area contributed by atoms with Crippen molar-refractivity contribution in [3.8, 4) is 0 Å². The minimum absolute atomic E-state index is 0.289. The fourth-order valence-corrected chi connectivity index (χ4v) is 4.23. The molecule has 0 aromatic heterocycles. The molecule has 4 aliphatic heterocycles. The van der Waals surface area contributed by atoms with E-state index in [1.807, 2.05) is 0 Å². The largest absolute Gasteiger partial charge is 0.309 e.